The summed E-state index contributed by atoms with van der Waals surface area (Å²) in [6, 6.07) is 12.9. The van der Waals surface area contributed by atoms with Crippen LogP contribution < -0.4 is 4.74 Å². The van der Waals surface area contributed by atoms with Crippen LogP contribution in [-0.2, 0) is 17.5 Å². The summed E-state index contributed by atoms with van der Waals surface area (Å²) in [6.45, 7) is 0.207. The molecule has 164 valence electrons. The van der Waals surface area contributed by atoms with Gasteiger partial charge < -0.3 is 9.47 Å². The van der Waals surface area contributed by atoms with Crippen molar-refractivity contribution in [1.29, 1.82) is 0 Å². The van der Waals surface area contributed by atoms with Crippen molar-refractivity contribution < 1.29 is 27.4 Å². The highest BCUT2D eigenvalue weighted by Gasteiger charge is 2.39. The number of amides is 1. The highest BCUT2D eigenvalue weighted by molar-refractivity contribution is 5.76. The van der Waals surface area contributed by atoms with Crippen LogP contribution in [0, 0.1) is 0 Å². The Hall–Kier alpha value is -2.96. The molecule has 31 heavy (non-hydrogen) atoms. The van der Waals surface area contributed by atoms with Gasteiger partial charge in [0.15, 0.2) is 0 Å². The van der Waals surface area contributed by atoms with Gasteiger partial charge in [0.05, 0.1) is 18.7 Å². The van der Waals surface area contributed by atoms with E-state index >= 15 is 0 Å². The Morgan fingerprint density at radius 2 is 1.90 bits per heavy atom. The molecule has 2 aromatic carbocycles. The molecule has 2 aliphatic heterocycles. The molecule has 4 nitrogen and oxygen atoms in total. The number of benzene rings is 2. The smallest absolute Gasteiger partial charge is 0.416 e. The number of rotatable bonds is 4. The van der Waals surface area contributed by atoms with Gasteiger partial charge in [-0.1, -0.05) is 42.5 Å². The predicted octanol–water partition coefficient (Wildman–Crippen LogP) is 6.06. The predicted molar refractivity (Wildman–Crippen MR) is 110 cm³/mol. The Balaban J connectivity index is 1.55. The van der Waals surface area contributed by atoms with Gasteiger partial charge in [0, 0.05) is 11.6 Å². The van der Waals surface area contributed by atoms with E-state index in [1.807, 2.05) is 36.4 Å². The van der Waals surface area contributed by atoms with E-state index in [0.717, 1.165) is 42.5 Å². The molecule has 2 bridgehead atoms. The molecule has 0 aromatic heterocycles. The summed E-state index contributed by atoms with van der Waals surface area (Å²) < 4.78 is 50.0. The van der Waals surface area contributed by atoms with Crippen LogP contribution in [0.25, 0.3) is 5.57 Å². The number of nitrogens with zero attached hydrogens (tertiary/aromatic N) is 1. The molecule has 1 amide bonds. The number of piperidine rings is 1. The van der Waals surface area contributed by atoms with Crippen LogP contribution in [-0.4, -0.2) is 30.2 Å². The highest BCUT2D eigenvalue weighted by atomic mass is 19.4. The first-order valence-electron chi connectivity index (χ1n) is 10.3. The number of hydrogen-bond donors (Lipinski definition) is 0. The molecule has 0 saturated carbocycles. The van der Waals surface area contributed by atoms with Crippen molar-refractivity contribution in [1.82, 2.24) is 4.90 Å². The lowest BCUT2D eigenvalue weighted by molar-refractivity contribution is -0.137. The van der Waals surface area contributed by atoms with Crippen molar-refractivity contribution in [2.75, 3.05) is 7.11 Å². The van der Waals surface area contributed by atoms with Gasteiger partial charge in [-0.25, -0.2) is 4.79 Å². The van der Waals surface area contributed by atoms with Gasteiger partial charge in [0.1, 0.15) is 12.4 Å². The summed E-state index contributed by atoms with van der Waals surface area (Å²) in [7, 11) is 1.37. The fraction of sp³-hybridized carbons (Fsp3) is 0.375. The second-order valence-corrected chi connectivity index (χ2v) is 7.91. The minimum atomic E-state index is -4.43. The van der Waals surface area contributed by atoms with Crippen LogP contribution in [0.3, 0.4) is 0 Å². The number of methoxy groups -OCH3 is 1. The van der Waals surface area contributed by atoms with E-state index in [0.29, 0.717) is 12.0 Å². The number of ether oxygens (including phenoxy) is 2. The normalized spacial score (nSPS) is 20.8. The van der Waals surface area contributed by atoms with Crippen LogP contribution in [0.15, 0.2) is 54.6 Å². The summed E-state index contributed by atoms with van der Waals surface area (Å²) in [5.74, 6) is 0.194. The monoisotopic (exact) mass is 431 g/mol. The maximum Gasteiger partial charge on any atom is 0.416 e. The molecule has 0 aliphatic carbocycles. The fourth-order valence-electron chi connectivity index (χ4n) is 4.44. The molecule has 2 heterocycles. The zero-order valence-electron chi connectivity index (χ0n) is 17.2. The van der Waals surface area contributed by atoms with Crippen molar-refractivity contribution in [3.05, 3.63) is 71.3 Å². The third-order valence-corrected chi connectivity index (χ3v) is 5.93. The maximum absolute atomic E-state index is 13.1. The van der Waals surface area contributed by atoms with Crippen LogP contribution in [0.4, 0.5) is 18.0 Å². The highest BCUT2D eigenvalue weighted by Crippen LogP contribution is 2.41. The summed E-state index contributed by atoms with van der Waals surface area (Å²) >= 11 is 0. The van der Waals surface area contributed by atoms with Crippen LogP contribution in [0.5, 0.6) is 5.75 Å². The van der Waals surface area contributed by atoms with Crippen molar-refractivity contribution >= 4 is 11.7 Å². The molecule has 2 atom stereocenters. The molecule has 2 aliphatic rings. The van der Waals surface area contributed by atoms with E-state index in [1.54, 1.807) is 4.90 Å². The second-order valence-electron chi connectivity index (χ2n) is 7.91. The number of carbonyl (C=O) groups is 1. The van der Waals surface area contributed by atoms with Gasteiger partial charge in [0.2, 0.25) is 0 Å². The lowest BCUT2D eigenvalue weighted by Crippen LogP contribution is -2.51. The number of hydrogen-bond acceptors (Lipinski definition) is 3. The minimum Gasteiger partial charge on any atom is -0.496 e. The van der Waals surface area contributed by atoms with Crippen LogP contribution in [0.2, 0.25) is 0 Å². The standard InChI is InChI=1S/C24H24F3NO3/c1-30-22-14-18(24(25,26)27)10-11-21(22)17-12-19-8-5-9-20(13-17)28(19)23(29)31-15-16-6-3-2-4-7-16/h2-4,6-7,10-12,14,19-20H,5,8-9,13,15H2,1H3. The Morgan fingerprint density at radius 1 is 1.13 bits per heavy atom. The van der Waals surface area contributed by atoms with Gasteiger partial charge in [-0.2, -0.15) is 13.2 Å². The Morgan fingerprint density at radius 3 is 2.58 bits per heavy atom. The molecule has 0 N–H and O–H groups in total. The fourth-order valence-corrected chi connectivity index (χ4v) is 4.44. The quantitative estimate of drug-likeness (QED) is 0.591. The minimum absolute atomic E-state index is 0.0472. The van der Waals surface area contributed by atoms with Crippen LogP contribution in [0.1, 0.15) is 42.4 Å². The summed E-state index contributed by atoms with van der Waals surface area (Å²) in [6.07, 6.45) is 0.367. The first kappa shape index (κ1) is 21.3. The number of halogens is 3. The second kappa shape index (κ2) is 8.65. The van der Waals surface area contributed by atoms with Crippen molar-refractivity contribution in [2.24, 2.45) is 0 Å². The average molecular weight is 431 g/mol. The summed E-state index contributed by atoms with van der Waals surface area (Å²) in [4.78, 5) is 14.6. The lowest BCUT2D eigenvalue weighted by atomic mass is 9.82. The third kappa shape index (κ3) is 4.55. The molecule has 1 saturated heterocycles. The van der Waals surface area contributed by atoms with Gasteiger partial charge in [-0.3, -0.25) is 4.90 Å². The zero-order chi connectivity index (χ0) is 22.0. The first-order chi connectivity index (χ1) is 14.9. The van der Waals surface area contributed by atoms with E-state index in [4.69, 9.17) is 9.47 Å². The Labute approximate surface area is 179 Å². The molecule has 0 spiro atoms. The van der Waals surface area contributed by atoms with E-state index in [-0.39, 0.29) is 30.5 Å². The maximum atomic E-state index is 13.1. The molecular weight excluding hydrogens is 407 g/mol. The molecule has 1 fully saturated rings. The van der Waals surface area contributed by atoms with Gasteiger partial charge >= 0.3 is 12.3 Å². The van der Waals surface area contributed by atoms with Crippen molar-refractivity contribution in [3.63, 3.8) is 0 Å². The van der Waals surface area contributed by atoms with Gasteiger partial charge in [0.25, 0.3) is 0 Å². The van der Waals surface area contributed by atoms with E-state index in [2.05, 4.69) is 0 Å². The number of carbonyl (C=O) groups excluding carboxylic acids is 1. The first-order valence-corrected chi connectivity index (χ1v) is 10.3. The Kier molecular flexibility index (Phi) is 5.94. The summed E-state index contributed by atoms with van der Waals surface area (Å²) in [5, 5.41) is 0. The molecular formula is C24H24F3NO3. The van der Waals surface area contributed by atoms with Crippen molar-refractivity contribution in [2.45, 2.75) is 50.6 Å². The number of fused-ring (bicyclic) bond motifs is 2. The molecule has 2 aromatic rings. The topological polar surface area (TPSA) is 38.8 Å². The largest absolute Gasteiger partial charge is 0.496 e. The van der Waals surface area contributed by atoms with Crippen LogP contribution >= 0.6 is 0 Å². The van der Waals surface area contributed by atoms with E-state index < -0.39 is 11.7 Å². The van der Waals surface area contributed by atoms with Gasteiger partial charge in [-0.05, 0) is 49.0 Å². The molecule has 4 rings (SSSR count). The van der Waals surface area contributed by atoms with Gasteiger partial charge in [-0.15, -0.1) is 0 Å². The average Bonchev–Trinajstić information content (AvgIpc) is 2.76. The SMILES string of the molecule is COc1cc(C(F)(F)F)ccc1C1=CC2CCCC(C1)N2C(=O)OCc1ccccc1. The number of alkyl halides is 3. The third-order valence-electron chi connectivity index (χ3n) is 5.93. The zero-order valence-corrected chi connectivity index (χ0v) is 17.2. The summed E-state index contributed by atoms with van der Waals surface area (Å²) in [5.41, 5.74) is 1.73. The molecule has 2 unspecified atom stereocenters. The van der Waals surface area contributed by atoms with E-state index in [9.17, 15) is 18.0 Å². The Bertz CT molecular complexity index is 972. The molecule has 0 radical (unpaired) electrons. The van der Waals surface area contributed by atoms with E-state index in [1.165, 1.54) is 13.2 Å². The molecule has 7 heteroatoms. The lowest BCUT2D eigenvalue weighted by Gasteiger charge is -2.44. The van der Waals surface area contributed by atoms with Crippen molar-refractivity contribution in [3.8, 4) is 5.75 Å².